The summed E-state index contributed by atoms with van der Waals surface area (Å²) >= 11 is 1.95. The zero-order valence-electron chi connectivity index (χ0n) is 18.2. The first-order valence-corrected chi connectivity index (χ1v) is 12.2. The maximum Gasteiger partial charge on any atom is 0.135 e. The third kappa shape index (κ3) is 4.00. The molecule has 0 aliphatic carbocycles. The summed E-state index contributed by atoms with van der Waals surface area (Å²) in [6.07, 6.45) is 0.986. The van der Waals surface area contributed by atoms with Crippen LogP contribution in [0.4, 0.5) is 5.82 Å². The summed E-state index contributed by atoms with van der Waals surface area (Å²) in [6.45, 7) is 3.75. The summed E-state index contributed by atoms with van der Waals surface area (Å²) in [6, 6.07) is 29.3. The van der Waals surface area contributed by atoms with E-state index in [1.54, 1.807) is 0 Å². The molecule has 2 heterocycles. The van der Waals surface area contributed by atoms with Gasteiger partial charge in [-0.25, -0.2) is 4.68 Å². The number of anilines is 1. The van der Waals surface area contributed by atoms with Crippen LogP contribution < -0.4 is 10.1 Å². The molecule has 0 fully saturated rings. The van der Waals surface area contributed by atoms with Gasteiger partial charge in [-0.3, -0.25) is 0 Å². The van der Waals surface area contributed by atoms with Crippen LogP contribution in [0.1, 0.15) is 29.7 Å². The number of hydrogen-bond donors (Lipinski definition) is 1. The lowest BCUT2D eigenvalue weighted by Crippen LogP contribution is -2.08. The number of rotatable bonds is 6. The molecule has 0 saturated heterocycles. The van der Waals surface area contributed by atoms with Gasteiger partial charge in [0.15, 0.2) is 0 Å². The first kappa shape index (κ1) is 20.7. The summed E-state index contributed by atoms with van der Waals surface area (Å²) in [7, 11) is 0. The molecule has 3 aromatic carbocycles. The van der Waals surface area contributed by atoms with Gasteiger partial charge in [0, 0.05) is 29.0 Å². The third-order valence-electron chi connectivity index (χ3n) is 5.57. The molecule has 32 heavy (non-hydrogen) atoms. The van der Waals surface area contributed by atoms with Crippen LogP contribution in [0.5, 0.6) is 5.75 Å². The van der Waals surface area contributed by atoms with Gasteiger partial charge < -0.3 is 10.1 Å². The van der Waals surface area contributed by atoms with Gasteiger partial charge in [0.2, 0.25) is 0 Å². The fourth-order valence-corrected chi connectivity index (χ4v) is 5.35. The summed E-state index contributed by atoms with van der Waals surface area (Å²) < 4.78 is 8.23. The van der Waals surface area contributed by atoms with Crippen molar-refractivity contribution in [2.45, 2.75) is 18.6 Å². The molecule has 1 aromatic heterocycles. The van der Waals surface area contributed by atoms with Gasteiger partial charge in [0.1, 0.15) is 11.6 Å². The maximum absolute atomic E-state index is 6.17. The monoisotopic (exact) mass is 441 g/mol. The summed E-state index contributed by atoms with van der Waals surface area (Å²) in [5.74, 6) is 3.03. The van der Waals surface area contributed by atoms with Crippen molar-refractivity contribution in [3.05, 3.63) is 96.1 Å². The Balaban J connectivity index is 1.73. The molecule has 1 N–H and O–H groups in total. The van der Waals surface area contributed by atoms with Crippen LogP contribution in [0.15, 0.2) is 84.9 Å². The first-order valence-electron chi connectivity index (χ1n) is 11.2. The summed E-state index contributed by atoms with van der Waals surface area (Å²) in [4.78, 5) is 0. The molecule has 1 aliphatic rings. The lowest BCUT2D eigenvalue weighted by molar-refractivity contribution is 0.314. The first-order chi connectivity index (χ1) is 15.9. The fourth-order valence-electron chi connectivity index (χ4n) is 4.13. The zero-order valence-corrected chi connectivity index (χ0v) is 19.0. The second kappa shape index (κ2) is 9.53. The molecular weight excluding hydrogens is 414 g/mol. The number of nitrogens with one attached hydrogen (secondary N) is 1. The van der Waals surface area contributed by atoms with Gasteiger partial charge in [-0.05, 0) is 24.6 Å². The smallest absolute Gasteiger partial charge is 0.135 e. The standard InChI is InChI=1S/C27H27N3OS/c1-2-18-31-23-16-10-9-15-22(23)26-24-25(20-11-5-3-6-12-20)29-30(21-13-7-4-8-14-21)27(24)28-17-19-32-26/h3-16,26,28H,2,17-19H2,1H3/t26-/m1/s1. The average Bonchev–Trinajstić information content (AvgIpc) is 3.10. The van der Waals surface area contributed by atoms with Gasteiger partial charge in [0.05, 0.1) is 23.2 Å². The zero-order chi connectivity index (χ0) is 21.8. The Bertz CT molecular complexity index is 1170. The van der Waals surface area contributed by atoms with E-state index in [2.05, 4.69) is 95.8 Å². The van der Waals surface area contributed by atoms with Crippen LogP contribution in [0.2, 0.25) is 0 Å². The predicted octanol–water partition coefficient (Wildman–Crippen LogP) is 6.58. The highest BCUT2D eigenvalue weighted by Gasteiger charge is 2.31. The van der Waals surface area contributed by atoms with Crippen molar-refractivity contribution < 1.29 is 4.74 Å². The highest BCUT2D eigenvalue weighted by molar-refractivity contribution is 7.99. The number of hydrogen-bond acceptors (Lipinski definition) is 4. The topological polar surface area (TPSA) is 39.1 Å². The molecule has 4 nitrogen and oxygen atoms in total. The highest BCUT2D eigenvalue weighted by Crippen LogP contribution is 2.48. The quantitative estimate of drug-likeness (QED) is 0.367. The number of benzene rings is 3. The van der Waals surface area contributed by atoms with Crippen molar-refractivity contribution in [1.82, 2.24) is 9.78 Å². The second-order valence-corrected chi connectivity index (χ2v) is 9.00. The molecule has 0 spiro atoms. The van der Waals surface area contributed by atoms with Gasteiger partial charge in [-0.15, -0.1) is 11.8 Å². The van der Waals surface area contributed by atoms with Crippen LogP contribution >= 0.6 is 11.8 Å². The SMILES string of the molecule is CCCOc1ccccc1[C@H]1SCCNc2c1c(-c1ccccc1)nn2-c1ccccc1. The third-order valence-corrected chi connectivity index (χ3v) is 6.84. The van der Waals surface area contributed by atoms with Crippen molar-refractivity contribution in [2.24, 2.45) is 0 Å². The highest BCUT2D eigenvalue weighted by atomic mass is 32.2. The summed E-state index contributed by atoms with van der Waals surface area (Å²) in [5.41, 5.74) is 5.62. The van der Waals surface area contributed by atoms with Crippen LogP contribution in [-0.2, 0) is 0 Å². The Kier molecular flexibility index (Phi) is 6.17. The van der Waals surface area contributed by atoms with E-state index in [1.807, 2.05) is 17.8 Å². The second-order valence-electron chi connectivity index (χ2n) is 7.79. The molecule has 0 bridgehead atoms. The van der Waals surface area contributed by atoms with Crippen molar-refractivity contribution >= 4 is 17.6 Å². The Morgan fingerprint density at radius 2 is 1.69 bits per heavy atom. The largest absolute Gasteiger partial charge is 0.493 e. The molecule has 5 heteroatoms. The predicted molar refractivity (Wildman–Crippen MR) is 134 cm³/mol. The molecule has 0 amide bonds. The molecule has 1 atom stereocenters. The van der Waals surface area contributed by atoms with E-state index in [0.29, 0.717) is 6.61 Å². The number of nitrogens with zero attached hydrogens (tertiary/aromatic N) is 2. The lowest BCUT2D eigenvalue weighted by atomic mass is 9.99. The van der Waals surface area contributed by atoms with Crippen LogP contribution in [0.25, 0.3) is 16.9 Å². The molecule has 5 rings (SSSR count). The van der Waals surface area contributed by atoms with E-state index in [-0.39, 0.29) is 5.25 Å². The summed E-state index contributed by atoms with van der Waals surface area (Å²) in [5, 5.41) is 8.95. The number of aromatic nitrogens is 2. The Morgan fingerprint density at radius 1 is 0.969 bits per heavy atom. The minimum Gasteiger partial charge on any atom is -0.493 e. The van der Waals surface area contributed by atoms with Crippen LogP contribution in [0, 0.1) is 0 Å². The van der Waals surface area contributed by atoms with E-state index in [1.165, 1.54) is 11.1 Å². The van der Waals surface area contributed by atoms with E-state index in [4.69, 9.17) is 9.84 Å². The fraction of sp³-hybridized carbons (Fsp3) is 0.222. The Labute approximate surface area is 193 Å². The van der Waals surface area contributed by atoms with Gasteiger partial charge in [0.25, 0.3) is 0 Å². The number of fused-ring (bicyclic) bond motifs is 1. The molecule has 0 radical (unpaired) electrons. The number of thioether (sulfide) groups is 1. The molecule has 1 aliphatic heterocycles. The van der Waals surface area contributed by atoms with E-state index >= 15 is 0 Å². The molecule has 162 valence electrons. The van der Waals surface area contributed by atoms with E-state index in [0.717, 1.165) is 47.2 Å². The van der Waals surface area contributed by atoms with Gasteiger partial charge >= 0.3 is 0 Å². The van der Waals surface area contributed by atoms with Crippen LogP contribution in [0.3, 0.4) is 0 Å². The van der Waals surface area contributed by atoms with E-state index < -0.39 is 0 Å². The maximum atomic E-state index is 6.17. The minimum absolute atomic E-state index is 0.126. The number of para-hydroxylation sites is 2. The van der Waals surface area contributed by atoms with Crippen LogP contribution in [-0.4, -0.2) is 28.7 Å². The van der Waals surface area contributed by atoms with E-state index in [9.17, 15) is 0 Å². The van der Waals surface area contributed by atoms with Crippen molar-refractivity contribution in [1.29, 1.82) is 0 Å². The van der Waals surface area contributed by atoms with Crippen molar-refractivity contribution in [3.8, 4) is 22.7 Å². The number of ether oxygens (including phenoxy) is 1. The average molecular weight is 442 g/mol. The van der Waals surface area contributed by atoms with Crippen molar-refractivity contribution in [3.63, 3.8) is 0 Å². The Morgan fingerprint density at radius 3 is 2.47 bits per heavy atom. The Hall–Kier alpha value is -3.18. The molecule has 0 saturated carbocycles. The molecule has 4 aromatic rings. The lowest BCUT2D eigenvalue weighted by Gasteiger charge is -2.20. The normalized spacial score (nSPS) is 15.5. The molecular formula is C27H27N3OS. The van der Waals surface area contributed by atoms with Gasteiger partial charge in [-0.1, -0.05) is 73.7 Å². The molecule has 0 unspecified atom stereocenters. The minimum atomic E-state index is 0.126. The van der Waals surface area contributed by atoms with Gasteiger partial charge in [-0.2, -0.15) is 5.10 Å². The van der Waals surface area contributed by atoms with Crippen molar-refractivity contribution in [2.75, 3.05) is 24.2 Å².